The van der Waals surface area contributed by atoms with E-state index in [1.54, 1.807) is 48.5 Å². The predicted molar refractivity (Wildman–Crippen MR) is 112 cm³/mol. The summed E-state index contributed by atoms with van der Waals surface area (Å²) in [6, 6.07) is 13.4. The van der Waals surface area contributed by atoms with E-state index >= 15 is 0 Å². The van der Waals surface area contributed by atoms with Crippen LogP contribution >= 0.6 is 0 Å². The number of ether oxygens (including phenoxy) is 3. The Bertz CT molecular complexity index is 866. The molecular formula is C22H26N2O6. The molecule has 0 atom stereocenters. The number of hydrogen-bond donors (Lipinski definition) is 1. The van der Waals surface area contributed by atoms with Crippen molar-refractivity contribution >= 4 is 23.5 Å². The summed E-state index contributed by atoms with van der Waals surface area (Å²) < 4.78 is 15.6. The largest absolute Gasteiger partial charge is 0.497 e. The van der Waals surface area contributed by atoms with E-state index in [-0.39, 0.29) is 12.5 Å². The van der Waals surface area contributed by atoms with Gasteiger partial charge in [-0.05, 0) is 42.8 Å². The van der Waals surface area contributed by atoms with Crippen LogP contribution in [0.3, 0.4) is 0 Å². The summed E-state index contributed by atoms with van der Waals surface area (Å²) in [7, 11) is 2.99. The number of benzene rings is 2. The Labute approximate surface area is 175 Å². The van der Waals surface area contributed by atoms with Crippen LogP contribution in [0.4, 0.5) is 5.69 Å². The number of anilines is 1. The number of rotatable bonds is 10. The lowest BCUT2D eigenvalue weighted by Crippen LogP contribution is -2.37. The van der Waals surface area contributed by atoms with Crippen molar-refractivity contribution in [3.63, 3.8) is 0 Å². The quantitative estimate of drug-likeness (QED) is 0.601. The SMILES string of the molecule is CCCOc1ccc(C(=O)OCC(=O)N(C)CC(=O)Nc2cccc(OC)c2)cc1. The van der Waals surface area contributed by atoms with Gasteiger partial charge in [-0.1, -0.05) is 13.0 Å². The van der Waals surface area contributed by atoms with E-state index in [1.807, 2.05) is 6.92 Å². The molecule has 0 aliphatic rings. The lowest BCUT2D eigenvalue weighted by Gasteiger charge is -2.17. The van der Waals surface area contributed by atoms with Crippen molar-refractivity contribution in [1.82, 2.24) is 4.90 Å². The van der Waals surface area contributed by atoms with Crippen LogP contribution in [-0.4, -0.2) is 56.6 Å². The summed E-state index contributed by atoms with van der Waals surface area (Å²) in [6.45, 7) is 1.95. The zero-order valence-electron chi connectivity index (χ0n) is 17.3. The fraction of sp³-hybridized carbons (Fsp3) is 0.318. The van der Waals surface area contributed by atoms with Gasteiger partial charge in [0.25, 0.3) is 5.91 Å². The summed E-state index contributed by atoms with van der Waals surface area (Å²) in [5.41, 5.74) is 0.864. The molecule has 0 spiro atoms. The third-order valence-electron chi connectivity index (χ3n) is 4.05. The van der Waals surface area contributed by atoms with Gasteiger partial charge in [0.2, 0.25) is 5.91 Å². The van der Waals surface area contributed by atoms with Crippen molar-refractivity contribution in [3.05, 3.63) is 54.1 Å². The Morgan fingerprint density at radius 3 is 2.43 bits per heavy atom. The molecule has 0 aliphatic heterocycles. The fourth-order valence-electron chi connectivity index (χ4n) is 2.43. The van der Waals surface area contributed by atoms with E-state index in [2.05, 4.69) is 5.32 Å². The first-order chi connectivity index (χ1) is 14.4. The second-order valence-corrected chi connectivity index (χ2v) is 6.48. The van der Waals surface area contributed by atoms with E-state index < -0.39 is 18.5 Å². The Balaban J connectivity index is 1.79. The molecule has 2 rings (SSSR count). The molecule has 160 valence electrons. The first-order valence-corrected chi connectivity index (χ1v) is 9.50. The second-order valence-electron chi connectivity index (χ2n) is 6.48. The zero-order valence-corrected chi connectivity index (χ0v) is 17.3. The molecule has 2 aromatic carbocycles. The topological polar surface area (TPSA) is 94.2 Å². The Hall–Kier alpha value is -3.55. The van der Waals surface area contributed by atoms with Gasteiger partial charge < -0.3 is 24.4 Å². The van der Waals surface area contributed by atoms with Gasteiger partial charge in [-0.25, -0.2) is 4.79 Å². The molecule has 0 saturated carbocycles. The molecule has 8 nitrogen and oxygen atoms in total. The molecule has 2 aromatic rings. The van der Waals surface area contributed by atoms with E-state index in [0.717, 1.165) is 6.42 Å². The molecule has 2 amide bonds. The third-order valence-corrected chi connectivity index (χ3v) is 4.05. The highest BCUT2D eigenvalue weighted by molar-refractivity contribution is 5.95. The molecule has 30 heavy (non-hydrogen) atoms. The maximum Gasteiger partial charge on any atom is 0.338 e. The number of carbonyl (C=O) groups excluding carboxylic acids is 3. The van der Waals surface area contributed by atoms with E-state index in [0.29, 0.717) is 29.4 Å². The van der Waals surface area contributed by atoms with Gasteiger partial charge in [0.05, 0.1) is 25.8 Å². The standard InChI is InChI=1S/C22H26N2O6/c1-4-12-29-18-10-8-16(9-11-18)22(27)30-15-21(26)24(2)14-20(25)23-17-6-5-7-19(13-17)28-3/h5-11,13H,4,12,14-15H2,1-3H3,(H,23,25). The van der Waals surface area contributed by atoms with Crippen LogP contribution in [0.2, 0.25) is 0 Å². The first-order valence-electron chi connectivity index (χ1n) is 9.50. The van der Waals surface area contributed by atoms with Gasteiger partial charge in [0.1, 0.15) is 11.5 Å². The van der Waals surface area contributed by atoms with Gasteiger partial charge in [0.15, 0.2) is 6.61 Å². The highest BCUT2D eigenvalue weighted by atomic mass is 16.5. The molecule has 0 unspecified atom stereocenters. The van der Waals surface area contributed by atoms with Crippen LogP contribution < -0.4 is 14.8 Å². The average Bonchev–Trinajstić information content (AvgIpc) is 2.76. The average molecular weight is 414 g/mol. The summed E-state index contributed by atoms with van der Waals surface area (Å²) in [5, 5.41) is 2.68. The van der Waals surface area contributed by atoms with Gasteiger partial charge >= 0.3 is 5.97 Å². The Morgan fingerprint density at radius 1 is 1.03 bits per heavy atom. The molecule has 0 fully saturated rings. The van der Waals surface area contributed by atoms with Crippen LogP contribution in [-0.2, 0) is 14.3 Å². The van der Waals surface area contributed by atoms with Crippen LogP contribution in [0, 0.1) is 0 Å². The third kappa shape index (κ3) is 7.12. The van der Waals surface area contributed by atoms with Gasteiger partial charge in [-0.3, -0.25) is 9.59 Å². The lowest BCUT2D eigenvalue weighted by atomic mass is 10.2. The number of carbonyl (C=O) groups is 3. The number of nitrogens with zero attached hydrogens (tertiary/aromatic N) is 1. The van der Waals surface area contributed by atoms with E-state index in [1.165, 1.54) is 19.1 Å². The van der Waals surface area contributed by atoms with Crippen molar-refractivity contribution < 1.29 is 28.6 Å². The number of hydrogen-bond acceptors (Lipinski definition) is 6. The van der Waals surface area contributed by atoms with Gasteiger partial charge in [0, 0.05) is 18.8 Å². The minimum atomic E-state index is -0.625. The van der Waals surface area contributed by atoms with Gasteiger partial charge in [-0.2, -0.15) is 0 Å². The number of esters is 1. The number of nitrogens with one attached hydrogen (secondary N) is 1. The summed E-state index contributed by atoms with van der Waals surface area (Å²) >= 11 is 0. The summed E-state index contributed by atoms with van der Waals surface area (Å²) in [5.74, 6) is -0.236. The number of amides is 2. The van der Waals surface area contributed by atoms with Crippen molar-refractivity contribution in [2.24, 2.45) is 0 Å². The molecule has 1 N–H and O–H groups in total. The molecule has 0 bridgehead atoms. The number of likely N-dealkylation sites (N-methyl/N-ethyl adjacent to an activating group) is 1. The molecule has 0 aliphatic carbocycles. The van der Waals surface area contributed by atoms with Crippen molar-refractivity contribution in [3.8, 4) is 11.5 Å². The summed E-state index contributed by atoms with van der Waals surface area (Å²) in [4.78, 5) is 37.6. The molecule has 0 aromatic heterocycles. The maximum absolute atomic E-state index is 12.2. The Kier molecular flexibility index (Phi) is 8.68. The van der Waals surface area contributed by atoms with Crippen LogP contribution in [0.1, 0.15) is 23.7 Å². The van der Waals surface area contributed by atoms with Crippen LogP contribution in [0.5, 0.6) is 11.5 Å². The second kappa shape index (κ2) is 11.5. The monoisotopic (exact) mass is 414 g/mol. The maximum atomic E-state index is 12.2. The van der Waals surface area contributed by atoms with Crippen LogP contribution in [0.15, 0.2) is 48.5 Å². The molecule has 0 radical (unpaired) electrons. The van der Waals surface area contributed by atoms with Crippen LogP contribution in [0.25, 0.3) is 0 Å². The first kappa shape index (κ1) is 22.7. The zero-order chi connectivity index (χ0) is 21.9. The minimum Gasteiger partial charge on any atom is -0.497 e. The highest BCUT2D eigenvalue weighted by Crippen LogP contribution is 2.16. The molecule has 0 saturated heterocycles. The van der Waals surface area contributed by atoms with Crippen molar-refractivity contribution in [2.45, 2.75) is 13.3 Å². The van der Waals surface area contributed by atoms with Crippen molar-refractivity contribution in [1.29, 1.82) is 0 Å². The van der Waals surface area contributed by atoms with Gasteiger partial charge in [-0.15, -0.1) is 0 Å². The van der Waals surface area contributed by atoms with E-state index in [9.17, 15) is 14.4 Å². The highest BCUT2D eigenvalue weighted by Gasteiger charge is 2.16. The minimum absolute atomic E-state index is 0.183. The molecule has 8 heteroatoms. The summed E-state index contributed by atoms with van der Waals surface area (Å²) in [6.07, 6.45) is 0.886. The lowest BCUT2D eigenvalue weighted by molar-refractivity contribution is -0.136. The predicted octanol–water partition coefficient (Wildman–Crippen LogP) is 2.74. The normalized spacial score (nSPS) is 10.1. The van der Waals surface area contributed by atoms with Crippen molar-refractivity contribution in [2.75, 3.05) is 39.2 Å². The van der Waals surface area contributed by atoms with E-state index in [4.69, 9.17) is 14.2 Å². The fourth-order valence-corrected chi connectivity index (χ4v) is 2.43. The Morgan fingerprint density at radius 2 is 1.77 bits per heavy atom. The smallest absolute Gasteiger partial charge is 0.338 e. The molecular weight excluding hydrogens is 388 g/mol. The molecule has 0 heterocycles. The number of methoxy groups -OCH3 is 1.